The van der Waals surface area contributed by atoms with Crippen molar-refractivity contribution in [1.82, 2.24) is 14.8 Å². The number of halogens is 1. The van der Waals surface area contributed by atoms with E-state index in [1.165, 1.54) is 12.1 Å². The first-order valence-corrected chi connectivity index (χ1v) is 8.58. The van der Waals surface area contributed by atoms with Crippen molar-refractivity contribution in [1.29, 1.82) is 0 Å². The molecule has 0 aliphatic carbocycles. The van der Waals surface area contributed by atoms with Crippen LogP contribution < -0.4 is 11.1 Å². The molecule has 0 bridgehead atoms. The molecule has 1 aromatic carbocycles. The van der Waals surface area contributed by atoms with E-state index in [1.807, 2.05) is 22.7 Å². The number of nitrogens with two attached hydrogens (primary N) is 1. The van der Waals surface area contributed by atoms with Crippen molar-refractivity contribution in [2.45, 2.75) is 31.7 Å². The molecule has 0 radical (unpaired) electrons. The molecule has 24 heavy (non-hydrogen) atoms. The second-order valence-electron chi connectivity index (χ2n) is 6.49. The van der Waals surface area contributed by atoms with Crippen LogP contribution in [0.4, 0.5) is 9.18 Å². The predicted molar refractivity (Wildman–Crippen MR) is 93.4 cm³/mol. The number of rotatable bonds is 4. The van der Waals surface area contributed by atoms with Gasteiger partial charge in [0.15, 0.2) is 0 Å². The SMILES string of the molecule is Cn1cc(CCNC(=O)N2CCCCC2CN)c2ccc(F)cc21. The third kappa shape index (κ3) is 3.38. The number of hydrogen-bond donors (Lipinski definition) is 2. The van der Waals surface area contributed by atoms with E-state index in [0.29, 0.717) is 13.1 Å². The summed E-state index contributed by atoms with van der Waals surface area (Å²) in [6.45, 7) is 1.85. The van der Waals surface area contributed by atoms with Crippen molar-refractivity contribution in [3.05, 3.63) is 35.8 Å². The number of fused-ring (bicyclic) bond motifs is 1. The standard InChI is InChI=1S/C18H25FN4O/c1-22-12-13(16-6-5-14(19)10-17(16)22)7-8-21-18(24)23-9-3-2-4-15(23)11-20/h5-6,10,12,15H,2-4,7-9,11,20H2,1H3,(H,21,24). The zero-order valence-corrected chi connectivity index (χ0v) is 14.1. The van der Waals surface area contributed by atoms with Crippen LogP contribution in [0.15, 0.2) is 24.4 Å². The normalized spacial score (nSPS) is 18.1. The number of likely N-dealkylation sites (tertiary alicyclic amines) is 1. The van der Waals surface area contributed by atoms with E-state index < -0.39 is 0 Å². The lowest BCUT2D eigenvalue weighted by Gasteiger charge is -2.35. The number of urea groups is 1. The average molecular weight is 332 g/mol. The highest BCUT2D eigenvalue weighted by molar-refractivity contribution is 5.84. The summed E-state index contributed by atoms with van der Waals surface area (Å²) < 4.78 is 15.3. The lowest BCUT2D eigenvalue weighted by Crippen LogP contribution is -2.51. The predicted octanol–water partition coefficient (Wildman–Crippen LogP) is 2.38. The number of amides is 2. The van der Waals surface area contributed by atoms with Crippen LogP contribution in [-0.4, -0.2) is 41.2 Å². The van der Waals surface area contributed by atoms with Crippen molar-refractivity contribution in [2.24, 2.45) is 12.8 Å². The van der Waals surface area contributed by atoms with Crippen molar-refractivity contribution >= 4 is 16.9 Å². The number of nitrogens with one attached hydrogen (secondary N) is 1. The Morgan fingerprint density at radius 1 is 1.42 bits per heavy atom. The molecule has 0 spiro atoms. The molecule has 2 amide bonds. The molecule has 5 nitrogen and oxygen atoms in total. The van der Waals surface area contributed by atoms with E-state index in [2.05, 4.69) is 5.32 Å². The van der Waals surface area contributed by atoms with Gasteiger partial charge in [-0.15, -0.1) is 0 Å². The highest BCUT2D eigenvalue weighted by Crippen LogP contribution is 2.22. The summed E-state index contributed by atoms with van der Waals surface area (Å²) in [6, 6.07) is 4.94. The summed E-state index contributed by atoms with van der Waals surface area (Å²) in [6.07, 6.45) is 5.88. The molecule has 1 aliphatic heterocycles. The Hall–Kier alpha value is -2.08. The number of benzene rings is 1. The summed E-state index contributed by atoms with van der Waals surface area (Å²) >= 11 is 0. The van der Waals surface area contributed by atoms with E-state index in [1.54, 1.807) is 6.07 Å². The second-order valence-corrected chi connectivity index (χ2v) is 6.49. The van der Waals surface area contributed by atoms with Crippen LogP contribution in [0.2, 0.25) is 0 Å². The zero-order valence-electron chi connectivity index (χ0n) is 14.1. The first kappa shape index (κ1) is 16.8. The number of aromatic nitrogens is 1. The molecule has 130 valence electrons. The van der Waals surface area contributed by atoms with Crippen molar-refractivity contribution in [3.63, 3.8) is 0 Å². The summed E-state index contributed by atoms with van der Waals surface area (Å²) in [5.74, 6) is -0.235. The number of carbonyl (C=O) groups is 1. The summed E-state index contributed by atoms with van der Waals surface area (Å²) in [5, 5.41) is 4.03. The Morgan fingerprint density at radius 3 is 3.04 bits per heavy atom. The topological polar surface area (TPSA) is 63.3 Å². The van der Waals surface area contributed by atoms with Crippen molar-refractivity contribution in [2.75, 3.05) is 19.6 Å². The van der Waals surface area contributed by atoms with Gasteiger partial charge in [0.05, 0.1) is 5.52 Å². The van der Waals surface area contributed by atoms with Crippen molar-refractivity contribution in [3.8, 4) is 0 Å². The van der Waals surface area contributed by atoms with Crippen LogP contribution in [0, 0.1) is 5.82 Å². The third-order valence-electron chi connectivity index (χ3n) is 4.87. The van der Waals surface area contributed by atoms with Gasteiger partial charge in [0.25, 0.3) is 0 Å². The van der Waals surface area contributed by atoms with Gasteiger partial charge in [-0.3, -0.25) is 0 Å². The first-order valence-electron chi connectivity index (χ1n) is 8.58. The van der Waals surface area contributed by atoms with Crippen LogP contribution in [-0.2, 0) is 13.5 Å². The molecule has 1 saturated heterocycles. The Bertz CT molecular complexity index is 727. The molecule has 2 heterocycles. The molecular weight excluding hydrogens is 307 g/mol. The largest absolute Gasteiger partial charge is 0.350 e. The van der Waals surface area contributed by atoms with E-state index in [9.17, 15) is 9.18 Å². The minimum absolute atomic E-state index is 0.0311. The zero-order chi connectivity index (χ0) is 17.1. The Morgan fingerprint density at radius 2 is 2.25 bits per heavy atom. The van der Waals surface area contributed by atoms with Gasteiger partial charge in [0.1, 0.15) is 5.82 Å². The maximum atomic E-state index is 13.4. The number of nitrogens with zero attached hydrogens (tertiary/aromatic N) is 2. The van der Waals surface area contributed by atoms with Crippen LogP contribution in [0.1, 0.15) is 24.8 Å². The van der Waals surface area contributed by atoms with Crippen molar-refractivity contribution < 1.29 is 9.18 Å². The lowest BCUT2D eigenvalue weighted by molar-refractivity contribution is 0.154. The number of carbonyl (C=O) groups excluding carboxylic acids is 1. The van der Waals surface area contributed by atoms with Gasteiger partial charge in [-0.2, -0.15) is 0 Å². The smallest absolute Gasteiger partial charge is 0.317 e. The maximum Gasteiger partial charge on any atom is 0.317 e. The molecule has 3 rings (SSSR count). The highest BCUT2D eigenvalue weighted by atomic mass is 19.1. The number of aryl methyl sites for hydroxylation is 1. The summed E-state index contributed by atoms with van der Waals surface area (Å²) in [5.41, 5.74) is 7.76. The molecule has 1 aromatic heterocycles. The molecule has 6 heteroatoms. The van der Waals surface area contributed by atoms with Gasteiger partial charge >= 0.3 is 6.03 Å². The lowest BCUT2D eigenvalue weighted by atomic mass is 10.0. The molecule has 2 aromatic rings. The van der Waals surface area contributed by atoms with Gasteiger partial charge in [0, 0.05) is 44.3 Å². The number of hydrogen-bond acceptors (Lipinski definition) is 2. The number of piperidine rings is 1. The fourth-order valence-corrected chi connectivity index (χ4v) is 3.56. The van der Waals surface area contributed by atoms with Gasteiger partial charge in [-0.05, 0) is 49.4 Å². The molecular formula is C18H25FN4O. The Kier molecular flexibility index (Phi) is 5.04. The molecule has 1 unspecified atom stereocenters. The molecule has 0 saturated carbocycles. The van der Waals surface area contributed by atoms with Gasteiger partial charge in [-0.1, -0.05) is 0 Å². The summed E-state index contributed by atoms with van der Waals surface area (Å²) in [4.78, 5) is 14.2. The monoisotopic (exact) mass is 332 g/mol. The van der Waals surface area contributed by atoms with Crippen LogP contribution in [0.5, 0.6) is 0 Å². The van der Waals surface area contributed by atoms with E-state index in [0.717, 1.165) is 48.7 Å². The minimum atomic E-state index is -0.235. The van der Waals surface area contributed by atoms with E-state index in [-0.39, 0.29) is 17.9 Å². The first-order chi connectivity index (χ1) is 11.6. The van der Waals surface area contributed by atoms with Gasteiger partial charge < -0.3 is 20.5 Å². The molecule has 1 aliphatic rings. The van der Waals surface area contributed by atoms with E-state index >= 15 is 0 Å². The minimum Gasteiger partial charge on any atom is -0.350 e. The highest BCUT2D eigenvalue weighted by Gasteiger charge is 2.25. The summed E-state index contributed by atoms with van der Waals surface area (Å²) in [7, 11) is 1.91. The Labute approximate surface area is 141 Å². The average Bonchev–Trinajstić information content (AvgIpc) is 2.90. The fourth-order valence-electron chi connectivity index (χ4n) is 3.56. The maximum absolute atomic E-state index is 13.4. The van der Waals surface area contributed by atoms with E-state index in [4.69, 9.17) is 5.73 Å². The molecule has 3 N–H and O–H groups in total. The molecule has 1 atom stereocenters. The van der Waals surface area contributed by atoms with Crippen LogP contribution in [0.3, 0.4) is 0 Å². The Balaban J connectivity index is 1.61. The van der Waals surface area contributed by atoms with Crippen LogP contribution in [0.25, 0.3) is 10.9 Å². The van der Waals surface area contributed by atoms with Crippen LogP contribution >= 0.6 is 0 Å². The molecule has 1 fully saturated rings. The fraction of sp³-hybridized carbons (Fsp3) is 0.500. The van der Waals surface area contributed by atoms with Gasteiger partial charge in [0.2, 0.25) is 0 Å². The van der Waals surface area contributed by atoms with Gasteiger partial charge in [-0.25, -0.2) is 9.18 Å². The third-order valence-corrected chi connectivity index (χ3v) is 4.87. The quantitative estimate of drug-likeness (QED) is 0.903. The second kappa shape index (κ2) is 7.21.